The van der Waals surface area contributed by atoms with Crippen molar-refractivity contribution in [1.82, 2.24) is 5.32 Å². The maximum absolute atomic E-state index is 13.0. The van der Waals surface area contributed by atoms with Gasteiger partial charge in [0.2, 0.25) is 0 Å². The minimum absolute atomic E-state index is 0.111. The Morgan fingerprint density at radius 3 is 2.28 bits per heavy atom. The van der Waals surface area contributed by atoms with Crippen molar-refractivity contribution in [3.8, 4) is 5.75 Å². The molecule has 1 saturated heterocycles. The number of rotatable bonds is 3. The molecule has 0 bridgehead atoms. The molecule has 1 fully saturated rings. The van der Waals surface area contributed by atoms with Crippen molar-refractivity contribution in [2.24, 2.45) is 0 Å². The topological polar surface area (TPSA) is 75.7 Å². The van der Waals surface area contributed by atoms with Crippen LogP contribution in [-0.2, 0) is 9.59 Å². The first-order valence-electron chi connectivity index (χ1n) is 9.03. The number of nitrogens with zero attached hydrogens (tertiary/aromatic N) is 1. The lowest BCUT2D eigenvalue weighted by molar-refractivity contribution is -0.122. The molecule has 1 aliphatic rings. The number of aryl methyl sites for hydroxylation is 1. The summed E-state index contributed by atoms with van der Waals surface area (Å²) in [5.74, 6) is -0.690. The number of fused-ring (bicyclic) bond motifs is 1. The molecule has 6 heteroatoms. The Morgan fingerprint density at radius 2 is 1.59 bits per heavy atom. The molecule has 1 N–H and O–H groups in total. The molecule has 0 aromatic heterocycles. The molecule has 3 aromatic rings. The average Bonchev–Trinajstić information content (AvgIpc) is 2.72. The Kier molecular flexibility index (Phi) is 4.60. The first-order valence-corrected chi connectivity index (χ1v) is 9.03. The van der Waals surface area contributed by atoms with Gasteiger partial charge in [-0.3, -0.25) is 14.9 Å². The molecule has 0 spiro atoms. The van der Waals surface area contributed by atoms with E-state index in [1.807, 2.05) is 31.2 Å². The fourth-order valence-electron chi connectivity index (χ4n) is 3.34. The van der Waals surface area contributed by atoms with E-state index in [4.69, 9.17) is 4.74 Å². The predicted molar refractivity (Wildman–Crippen MR) is 111 cm³/mol. The highest BCUT2D eigenvalue weighted by Gasteiger charge is 2.36. The van der Waals surface area contributed by atoms with Crippen molar-refractivity contribution in [1.29, 1.82) is 0 Å². The number of ether oxygens (including phenoxy) is 1. The van der Waals surface area contributed by atoms with E-state index in [-0.39, 0.29) is 5.57 Å². The second kappa shape index (κ2) is 7.24. The van der Waals surface area contributed by atoms with Gasteiger partial charge in [-0.2, -0.15) is 0 Å². The molecule has 4 rings (SSSR count). The van der Waals surface area contributed by atoms with Gasteiger partial charge in [0.25, 0.3) is 11.8 Å². The largest absolute Gasteiger partial charge is 0.496 e. The SMILES string of the molecule is COc1ccc(C=C2C(=O)NC(=O)N(c3ccc(C)cc3)C2=O)c2ccccc12. The summed E-state index contributed by atoms with van der Waals surface area (Å²) < 4.78 is 5.39. The third-order valence-corrected chi connectivity index (χ3v) is 4.83. The lowest BCUT2D eigenvalue weighted by Crippen LogP contribution is -2.54. The third-order valence-electron chi connectivity index (χ3n) is 4.83. The van der Waals surface area contributed by atoms with Crippen LogP contribution >= 0.6 is 0 Å². The minimum atomic E-state index is -0.763. The number of urea groups is 1. The van der Waals surface area contributed by atoms with Crippen molar-refractivity contribution in [2.75, 3.05) is 12.0 Å². The number of amides is 4. The summed E-state index contributed by atoms with van der Waals surface area (Å²) in [5.41, 5.74) is 1.96. The van der Waals surface area contributed by atoms with Gasteiger partial charge in [0.05, 0.1) is 12.8 Å². The molecule has 29 heavy (non-hydrogen) atoms. The highest BCUT2D eigenvalue weighted by atomic mass is 16.5. The van der Waals surface area contributed by atoms with Crippen molar-refractivity contribution < 1.29 is 19.1 Å². The lowest BCUT2D eigenvalue weighted by Gasteiger charge is -2.26. The number of nitrogens with one attached hydrogen (secondary N) is 1. The van der Waals surface area contributed by atoms with Gasteiger partial charge >= 0.3 is 6.03 Å². The summed E-state index contributed by atoms with van der Waals surface area (Å²) in [6.07, 6.45) is 1.51. The quantitative estimate of drug-likeness (QED) is 0.548. The number of benzene rings is 3. The third kappa shape index (κ3) is 3.25. The number of hydrogen-bond acceptors (Lipinski definition) is 4. The van der Waals surface area contributed by atoms with Crippen LogP contribution in [0.5, 0.6) is 5.75 Å². The maximum atomic E-state index is 13.0. The van der Waals surface area contributed by atoms with E-state index in [1.54, 1.807) is 43.5 Å². The van der Waals surface area contributed by atoms with E-state index in [0.29, 0.717) is 17.0 Å². The van der Waals surface area contributed by atoms with Crippen LogP contribution in [-0.4, -0.2) is 25.0 Å². The van der Waals surface area contributed by atoms with Gasteiger partial charge in [-0.1, -0.05) is 48.0 Å². The lowest BCUT2D eigenvalue weighted by atomic mass is 10.00. The Balaban J connectivity index is 1.82. The van der Waals surface area contributed by atoms with Gasteiger partial charge < -0.3 is 4.74 Å². The number of carbonyl (C=O) groups is 3. The molecule has 0 atom stereocenters. The van der Waals surface area contributed by atoms with E-state index in [1.165, 1.54) is 6.08 Å². The summed E-state index contributed by atoms with van der Waals surface area (Å²) in [4.78, 5) is 38.8. The van der Waals surface area contributed by atoms with Gasteiger partial charge in [0.15, 0.2) is 0 Å². The van der Waals surface area contributed by atoms with Gasteiger partial charge in [-0.25, -0.2) is 9.69 Å². The van der Waals surface area contributed by atoms with E-state index >= 15 is 0 Å². The number of anilines is 1. The van der Waals surface area contributed by atoms with Crippen LogP contribution in [0.15, 0.2) is 66.2 Å². The van der Waals surface area contributed by atoms with Crippen molar-refractivity contribution in [3.63, 3.8) is 0 Å². The van der Waals surface area contributed by atoms with Gasteiger partial charge in [-0.05, 0) is 42.1 Å². The highest BCUT2D eigenvalue weighted by molar-refractivity contribution is 6.39. The summed E-state index contributed by atoms with van der Waals surface area (Å²) in [6, 6.07) is 17.3. The van der Waals surface area contributed by atoms with E-state index in [0.717, 1.165) is 21.2 Å². The molecule has 3 aromatic carbocycles. The monoisotopic (exact) mass is 386 g/mol. The molecule has 0 saturated carbocycles. The summed E-state index contributed by atoms with van der Waals surface area (Å²) in [6.45, 7) is 1.91. The average molecular weight is 386 g/mol. The molecule has 144 valence electrons. The number of imide groups is 2. The number of hydrogen-bond donors (Lipinski definition) is 1. The molecule has 0 unspecified atom stereocenters. The van der Waals surface area contributed by atoms with Crippen molar-refractivity contribution in [2.45, 2.75) is 6.92 Å². The fourth-order valence-corrected chi connectivity index (χ4v) is 3.34. The molecule has 1 aliphatic heterocycles. The van der Waals surface area contributed by atoms with Crippen LogP contribution in [0.4, 0.5) is 10.5 Å². The molecule has 0 aliphatic carbocycles. The van der Waals surface area contributed by atoms with Crippen LogP contribution in [0.1, 0.15) is 11.1 Å². The van der Waals surface area contributed by atoms with Crippen LogP contribution in [0.25, 0.3) is 16.8 Å². The van der Waals surface area contributed by atoms with Crippen molar-refractivity contribution in [3.05, 3.63) is 77.4 Å². The number of barbiturate groups is 1. The Bertz CT molecular complexity index is 1180. The normalized spacial score (nSPS) is 15.7. The Morgan fingerprint density at radius 1 is 0.897 bits per heavy atom. The van der Waals surface area contributed by atoms with E-state index < -0.39 is 17.8 Å². The highest BCUT2D eigenvalue weighted by Crippen LogP contribution is 2.30. The first-order chi connectivity index (χ1) is 14.0. The molecule has 0 radical (unpaired) electrons. The zero-order valence-corrected chi connectivity index (χ0v) is 15.9. The Labute approximate surface area is 167 Å². The zero-order chi connectivity index (χ0) is 20.5. The Hall–Kier alpha value is -3.93. The molecular weight excluding hydrogens is 368 g/mol. The summed E-state index contributed by atoms with van der Waals surface area (Å²) >= 11 is 0. The molecular formula is C23H18N2O4. The summed E-state index contributed by atoms with van der Waals surface area (Å²) in [7, 11) is 1.59. The molecule has 1 heterocycles. The van der Waals surface area contributed by atoms with Crippen LogP contribution in [0.3, 0.4) is 0 Å². The first kappa shape index (κ1) is 18.4. The minimum Gasteiger partial charge on any atom is -0.496 e. The molecule has 4 amide bonds. The van der Waals surface area contributed by atoms with E-state index in [9.17, 15) is 14.4 Å². The van der Waals surface area contributed by atoms with Gasteiger partial charge in [0.1, 0.15) is 11.3 Å². The van der Waals surface area contributed by atoms with Crippen LogP contribution in [0, 0.1) is 6.92 Å². The maximum Gasteiger partial charge on any atom is 0.335 e. The van der Waals surface area contributed by atoms with Crippen molar-refractivity contribution >= 4 is 40.4 Å². The van der Waals surface area contributed by atoms with Crippen LogP contribution in [0.2, 0.25) is 0 Å². The van der Waals surface area contributed by atoms with Gasteiger partial charge in [0, 0.05) is 5.39 Å². The fraction of sp³-hybridized carbons (Fsp3) is 0.0870. The summed E-state index contributed by atoms with van der Waals surface area (Å²) in [5, 5.41) is 3.94. The molecule has 6 nitrogen and oxygen atoms in total. The number of carbonyl (C=O) groups excluding carboxylic acids is 3. The number of methoxy groups -OCH3 is 1. The zero-order valence-electron chi connectivity index (χ0n) is 15.9. The second-order valence-electron chi connectivity index (χ2n) is 6.70. The second-order valence-corrected chi connectivity index (χ2v) is 6.70. The van der Waals surface area contributed by atoms with E-state index in [2.05, 4.69) is 5.32 Å². The predicted octanol–water partition coefficient (Wildman–Crippen LogP) is 3.82. The van der Waals surface area contributed by atoms with Crippen LogP contribution < -0.4 is 15.0 Å². The standard InChI is InChI=1S/C23H18N2O4/c1-14-7-10-16(11-8-14)25-22(27)19(21(26)24-23(25)28)13-15-9-12-20(29-2)18-6-4-3-5-17(15)18/h3-13H,1-2H3,(H,24,26,28). The van der Waals surface area contributed by atoms with Gasteiger partial charge in [-0.15, -0.1) is 0 Å². The smallest absolute Gasteiger partial charge is 0.335 e.